The van der Waals surface area contributed by atoms with E-state index in [4.69, 9.17) is 8.53 Å². The van der Waals surface area contributed by atoms with E-state index in [9.17, 15) is 6.63 Å². The van der Waals surface area contributed by atoms with E-state index in [1.165, 1.54) is 6.20 Å². The van der Waals surface area contributed by atoms with Gasteiger partial charge >= 0.3 is 179 Å². The summed E-state index contributed by atoms with van der Waals surface area (Å²) in [5.74, 6) is 3.83. The Balaban J connectivity index is 1.44. The van der Waals surface area contributed by atoms with Gasteiger partial charge in [-0.15, -0.1) is 0 Å². The molecule has 0 aliphatic carbocycles. The topological polar surface area (TPSA) is 49.8 Å². The first-order chi connectivity index (χ1) is 21.0. The Hall–Kier alpha value is -3.88. The molecular formula is C36H32GeN2O. The van der Waals surface area contributed by atoms with Gasteiger partial charge in [-0.3, -0.25) is 0 Å². The molecule has 0 radical (unpaired) electrons. The van der Waals surface area contributed by atoms with Gasteiger partial charge < -0.3 is 0 Å². The van der Waals surface area contributed by atoms with E-state index in [0.717, 1.165) is 48.7 Å². The molecule has 0 N–H and O–H groups in total. The number of nitrogens with zero attached hydrogens (tertiary/aromatic N) is 2. The van der Waals surface area contributed by atoms with Crippen LogP contribution in [0.2, 0.25) is 22.0 Å². The molecule has 0 spiro atoms. The quantitative estimate of drug-likeness (QED) is 0.194. The summed E-state index contributed by atoms with van der Waals surface area (Å²) in [4.78, 5) is 4.66. The van der Waals surface area contributed by atoms with Crippen LogP contribution in [0, 0.1) is 18.2 Å². The van der Waals surface area contributed by atoms with Crippen LogP contribution in [-0.4, -0.2) is 18.3 Å². The maximum absolute atomic E-state index is 10.1. The molecule has 3 nitrogen and oxygen atoms in total. The number of benzene rings is 4. The van der Waals surface area contributed by atoms with Crippen molar-refractivity contribution in [2.45, 2.75) is 47.6 Å². The van der Waals surface area contributed by atoms with E-state index >= 15 is 0 Å². The van der Waals surface area contributed by atoms with Gasteiger partial charge in [0, 0.05) is 0 Å². The molecule has 0 bridgehead atoms. The first-order valence-corrected chi connectivity index (χ1v) is 21.0. The van der Waals surface area contributed by atoms with Crippen molar-refractivity contribution in [3.8, 4) is 28.5 Å². The Morgan fingerprint density at radius 3 is 2.52 bits per heavy atom. The second-order valence-electron chi connectivity index (χ2n) is 11.7. The van der Waals surface area contributed by atoms with Crippen LogP contribution in [0.1, 0.15) is 40.9 Å². The number of pyridine rings is 1. The van der Waals surface area contributed by atoms with Crippen LogP contribution in [0.4, 0.5) is 0 Å². The molecule has 1 fully saturated rings. The number of aryl methyl sites for hydroxylation is 1. The first kappa shape index (κ1) is 20.9. The number of aromatic nitrogens is 1. The van der Waals surface area contributed by atoms with Crippen molar-refractivity contribution in [3.05, 3.63) is 102 Å². The summed E-state index contributed by atoms with van der Waals surface area (Å²) in [5.41, 5.74) is 5.45. The van der Waals surface area contributed by atoms with Crippen LogP contribution < -0.4 is 0 Å². The van der Waals surface area contributed by atoms with E-state index in [1.807, 2.05) is 54.6 Å². The molecule has 4 heteroatoms. The second-order valence-corrected chi connectivity index (χ2v) is 22.9. The minimum absolute atomic E-state index is 0.164. The molecule has 1 aliphatic rings. The predicted molar refractivity (Wildman–Crippen MR) is 168 cm³/mol. The summed E-state index contributed by atoms with van der Waals surface area (Å²) in [6, 6.07) is 28.1. The average molecular weight is 585 g/mol. The van der Waals surface area contributed by atoms with E-state index in [-0.39, 0.29) is 5.56 Å². The van der Waals surface area contributed by atoms with Gasteiger partial charge in [0.15, 0.2) is 0 Å². The fraction of sp³-hybridized carbons (Fsp3) is 0.222. The number of nitriles is 1. The third-order valence-electron chi connectivity index (χ3n) is 8.59. The predicted octanol–water partition coefficient (Wildman–Crippen LogP) is 10.2. The number of hydrogen-bond acceptors (Lipinski definition) is 3. The SMILES string of the molecule is [2H]C([2H])([2H])c1cnc(-c2cccc3c2oc2c(-c4ccc5ccccc5c4)c(C#N)ccc23)cc1C1([2H])C[CH2][Ge]([CH3])([CH3])[CH2]C1. The number of rotatable bonds is 3. The minimum atomic E-state index is -2.36. The number of fused-ring (bicyclic) bond motifs is 4. The third-order valence-corrected chi connectivity index (χ3v) is 15.3. The summed E-state index contributed by atoms with van der Waals surface area (Å²) in [7, 11) is 0. The van der Waals surface area contributed by atoms with Crippen molar-refractivity contribution in [1.82, 2.24) is 4.98 Å². The van der Waals surface area contributed by atoms with Crippen molar-refractivity contribution >= 4 is 46.0 Å². The summed E-state index contributed by atoms with van der Waals surface area (Å²) in [6.07, 6.45) is 2.80. The fourth-order valence-electron chi connectivity index (χ4n) is 6.18. The summed E-state index contributed by atoms with van der Waals surface area (Å²) in [6.45, 7) is -2.36. The molecule has 0 unspecified atom stereocenters. The molecule has 6 aromatic rings. The van der Waals surface area contributed by atoms with Gasteiger partial charge in [0.05, 0.1) is 6.07 Å². The maximum atomic E-state index is 10.1. The molecule has 0 amide bonds. The van der Waals surface area contributed by atoms with Crippen LogP contribution in [0.25, 0.3) is 55.1 Å². The fourth-order valence-corrected chi connectivity index (χ4v) is 10.8. The Bertz CT molecular complexity index is 2130. The van der Waals surface area contributed by atoms with Crippen molar-refractivity contribution in [1.29, 1.82) is 5.26 Å². The van der Waals surface area contributed by atoms with Crippen molar-refractivity contribution in [3.63, 3.8) is 0 Å². The molecule has 0 saturated carbocycles. The zero-order chi connectivity index (χ0) is 30.9. The molecule has 7 rings (SSSR count). The van der Waals surface area contributed by atoms with Gasteiger partial charge in [-0.05, 0) is 16.8 Å². The normalized spacial score (nSPS) is 18.1. The van der Waals surface area contributed by atoms with Crippen molar-refractivity contribution < 1.29 is 9.90 Å². The molecule has 4 aromatic carbocycles. The van der Waals surface area contributed by atoms with E-state index in [2.05, 4.69) is 46.8 Å². The zero-order valence-electron chi connectivity index (χ0n) is 26.7. The van der Waals surface area contributed by atoms with Gasteiger partial charge in [0.2, 0.25) is 0 Å². The molecule has 1 saturated heterocycles. The summed E-state index contributed by atoms with van der Waals surface area (Å²) in [5, 5.41) is 16.2. The monoisotopic (exact) mass is 586 g/mol. The van der Waals surface area contributed by atoms with E-state index < -0.39 is 26.0 Å². The number of furan rings is 1. The first-order valence-electron chi connectivity index (χ1n) is 15.9. The van der Waals surface area contributed by atoms with Crippen LogP contribution in [0.3, 0.4) is 0 Å². The molecule has 40 heavy (non-hydrogen) atoms. The van der Waals surface area contributed by atoms with Gasteiger partial charge in [0.25, 0.3) is 0 Å². The van der Waals surface area contributed by atoms with Gasteiger partial charge in [-0.2, -0.15) is 5.26 Å². The molecule has 2 aromatic heterocycles. The Morgan fingerprint density at radius 1 is 0.925 bits per heavy atom. The van der Waals surface area contributed by atoms with Crippen molar-refractivity contribution in [2.24, 2.45) is 0 Å². The number of hydrogen-bond donors (Lipinski definition) is 0. The molecule has 1 aliphatic heterocycles. The molecule has 0 atom stereocenters. The third kappa shape index (κ3) is 4.23. The Labute approximate surface area is 243 Å². The summed E-state index contributed by atoms with van der Waals surface area (Å²) < 4.78 is 40.9. The Kier molecular flexibility index (Phi) is 5.05. The van der Waals surface area contributed by atoms with Crippen molar-refractivity contribution in [2.75, 3.05) is 0 Å². The van der Waals surface area contributed by atoms with Gasteiger partial charge in [-0.1, -0.05) is 36.4 Å². The zero-order valence-corrected chi connectivity index (χ0v) is 24.8. The van der Waals surface area contributed by atoms with E-state index in [1.54, 1.807) is 0 Å². The van der Waals surface area contributed by atoms with Crippen LogP contribution in [-0.2, 0) is 0 Å². The van der Waals surface area contributed by atoms with Crippen LogP contribution in [0.15, 0.2) is 89.5 Å². The summed E-state index contributed by atoms with van der Waals surface area (Å²) >= 11 is -1.91. The van der Waals surface area contributed by atoms with E-state index in [0.29, 0.717) is 40.8 Å². The van der Waals surface area contributed by atoms with Crippen LogP contribution >= 0.6 is 0 Å². The van der Waals surface area contributed by atoms with Gasteiger partial charge in [-0.25, -0.2) is 0 Å². The average Bonchev–Trinajstić information content (AvgIpc) is 3.40. The number of para-hydroxylation sites is 1. The standard InChI is InChI=1S/C36H32GeN2O/c1-23-22-39-33(20-32(23)25-15-17-37(2,3)18-16-25)31-10-6-9-29-30-14-13-28(21-38)34(36(30)40-35(29)31)27-12-11-24-7-4-5-8-26(24)19-27/h4-14,19-20,22,25H,15-18H2,1-3H3/i1D3,25D. The molecular weight excluding hydrogens is 549 g/mol. The molecule has 196 valence electrons. The Morgan fingerprint density at radius 2 is 1.73 bits per heavy atom. The molecule has 3 heterocycles. The van der Waals surface area contributed by atoms with Crippen LogP contribution in [0.5, 0.6) is 0 Å². The van der Waals surface area contributed by atoms with Gasteiger partial charge in [0.1, 0.15) is 0 Å². The second kappa shape index (κ2) is 9.64.